The molecule has 1 fully saturated rings. The van der Waals surface area contributed by atoms with Crippen LogP contribution in [0.25, 0.3) is 0 Å². The predicted molar refractivity (Wildman–Crippen MR) is 92.1 cm³/mol. The first-order chi connectivity index (χ1) is 12.4. The van der Waals surface area contributed by atoms with Crippen LogP contribution in [0, 0.1) is 6.92 Å². The van der Waals surface area contributed by atoms with E-state index in [1.165, 1.54) is 29.1 Å². The first kappa shape index (κ1) is 18.2. The van der Waals surface area contributed by atoms with Crippen molar-refractivity contribution in [2.75, 3.05) is 26.3 Å². The Labute approximate surface area is 153 Å². The highest BCUT2D eigenvalue weighted by Gasteiger charge is 2.34. The molecule has 0 spiro atoms. The Morgan fingerprint density at radius 1 is 1.31 bits per heavy atom. The van der Waals surface area contributed by atoms with E-state index in [0.717, 1.165) is 11.3 Å². The van der Waals surface area contributed by atoms with Crippen molar-refractivity contribution >= 4 is 28.9 Å². The van der Waals surface area contributed by atoms with Gasteiger partial charge in [-0.15, -0.1) is 11.3 Å². The molecule has 1 aliphatic heterocycles. The Morgan fingerprint density at radius 3 is 2.65 bits per heavy atom. The van der Waals surface area contributed by atoms with Crippen molar-refractivity contribution in [1.82, 2.24) is 25.0 Å². The fourth-order valence-electron chi connectivity index (χ4n) is 2.85. The number of halogens is 1. The van der Waals surface area contributed by atoms with Gasteiger partial charge in [0.2, 0.25) is 0 Å². The quantitative estimate of drug-likeness (QED) is 0.808. The topological polar surface area (TPSA) is 99.3 Å². The number of ketones is 1. The van der Waals surface area contributed by atoms with Crippen LogP contribution in [0.2, 0.25) is 0 Å². The van der Waals surface area contributed by atoms with E-state index in [4.69, 9.17) is 0 Å². The van der Waals surface area contributed by atoms with Crippen LogP contribution in [0.15, 0.2) is 12.4 Å². The Balaban J connectivity index is 1.73. The highest BCUT2D eigenvalue weighted by molar-refractivity contribution is 7.15. The molecule has 2 aromatic rings. The van der Waals surface area contributed by atoms with E-state index in [-0.39, 0.29) is 35.7 Å². The molecule has 1 N–H and O–H groups in total. The number of nitrogens with zero attached hydrogens (tertiary/aromatic N) is 4. The number of thiazole rings is 1. The molecule has 0 aliphatic carbocycles. The molecular formula is C16H18FN5O3S. The number of carbonyl (C=O) groups is 3. The maximum absolute atomic E-state index is 13.6. The second kappa shape index (κ2) is 7.32. The number of rotatable bonds is 4. The summed E-state index contributed by atoms with van der Waals surface area (Å²) in [6.45, 7) is 2.96. The number of piperazine rings is 1. The summed E-state index contributed by atoms with van der Waals surface area (Å²) in [5.74, 6) is -0.829. The molecule has 10 heteroatoms. The van der Waals surface area contributed by atoms with Gasteiger partial charge in [0.1, 0.15) is 11.6 Å². The molecule has 2 amide bonds. The van der Waals surface area contributed by atoms with Crippen molar-refractivity contribution in [2.45, 2.75) is 19.9 Å². The third-order valence-corrected chi connectivity index (χ3v) is 5.37. The van der Waals surface area contributed by atoms with Gasteiger partial charge in [-0.25, -0.2) is 9.37 Å². The Bertz CT molecular complexity index is 849. The third-order valence-electron chi connectivity index (χ3n) is 4.29. The zero-order chi connectivity index (χ0) is 18.8. The number of alkyl halides is 1. The van der Waals surface area contributed by atoms with Gasteiger partial charge in [0, 0.05) is 32.3 Å². The van der Waals surface area contributed by atoms with Crippen molar-refractivity contribution in [3.05, 3.63) is 33.5 Å². The third kappa shape index (κ3) is 3.36. The molecule has 0 aromatic carbocycles. The Hall–Kier alpha value is -2.62. The summed E-state index contributed by atoms with van der Waals surface area (Å²) >= 11 is 0.995. The number of hydrogen-bond acceptors (Lipinski definition) is 6. The summed E-state index contributed by atoms with van der Waals surface area (Å²) in [5, 5.41) is 6.78. The van der Waals surface area contributed by atoms with Crippen molar-refractivity contribution < 1.29 is 18.8 Å². The van der Waals surface area contributed by atoms with Crippen molar-refractivity contribution in [2.24, 2.45) is 0 Å². The molecule has 1 atom stereocenters. The lowest BCUT2D eigenvalue weighted by Gasteiger charge is -2.40. The number of amides is 2. The Kier molecular flexibility index (Phi) is 5.12. The zero-order valence-corrected chi connectivity index (χ0v) is 15.2. The summed E-state index contributed by atoms with van der Waals surface area (Å²) in [5.41, 5.74) is 1.09. The van der Waals surface area contributed by atoms with Crippen LogP contribution in [0.1, 0.15) is 42.4 Å². The van der Waals surface area contributed by atoms with Crippen LogP contribution >= 0.6 is 11.3 Å². The standard InChI is InChI=1S/C16H18FN5O3S/c1-9-12(6-19-20-9)15(24)21-3-4-22(11(5-17)8-21)16(25)13-7-18-14(26-13)10(2)23/h6-7,11H,3-5,8H2,1-2H3,(H,19,20). The number of hydrogen-bond donors (Lipinski definition) is 1. The van der Waals surface area contributed by atoms with Gasteiger partial charge in [-0.3, -0.25) is 19.5 Å². The molecule has 138 valence electrons. The molecule has 0 saturated carbocycles. The van der Waals surface area contributed by atoms with Crippen molar-refractivity contribution in [3.63, 3.8) is 0 Å². The highest BCUT2D eigenvalue weighted by atomic mass is 32.1. The molecule has 0 bridgehead atoms. The molecule has 1 saturated heterocycles. The summed E-state index contributed by atoms with van der Waals surface area (Å²) < 4.78 is 13.6. The number of H-pyrrole nitrogens is 1. The summed E-state index contributed by atoms with van der Waals surface area (Å²) in [6, 6.07) is -0.740. The van der Waals surface area contributed by atoms with E-state index >= 15 is 0 Å². The molecule has 3 rings (SSSR count). The second-order valence-electron chi connectivity index (χ2n) is 6.05. The number of Topliss-reactive ketones (excluding diaryl/α,β-unsaturated/α-hetero) is 1. The summed E-state index contributed by atoms with van der Waals surface area (Å²) in [7, 11) is 0. The minimum atomic E-state index is -0.766. The van der Waals surface area contributed by atoms with Crippen LogP contribution < -0.4 is 0 Å². The van der Waals surface area contributed by atoms with E-state index in [9.17, 15) is 18.8 Å². The van der Waals surface area contributed by atoms with Gasteiger partial charge in [-0.2, -0.15) is 5.10 Å². The largest absolute Gasteiger partial charge is 0.335 e. The van der Waals surface area contributed by atoms with Crippen LogP contribution in [0.3, 0.4) is 0 Å². The monoisotopic (exact) mass is 379 g/mol. The van der Waals surface area contributed by atoms with Crippen molar-refractivity contribution in [3.8, 4) is 0 Å². The Morgan fingerprint density at radius 2 is 2.08 bits per heavy atom. The maximum Gasteiger partial charge on any atom is 0.266 e. The summed E-state index contributed by atoms with van der Waals surface area (Å²) in [6.07, 6.45) is 2.78. The molecule has 1 unspecified atom stereocenters. The highest BCUT2D eigenvalue weighted by Crippen LogP contribution is 2.21. The van der Waals surface area contributed by atoms with Crippen molar-refractivity contribution in [1.29, 1.82) is 0 Å². The lowest BCUT2D eigenvalue weighted by molar-refractivity contribution is 0.0345. The van der Waals surface area contributed by atoms with Crippen LogP contribution in [-0.2, 0) is 0 Å². The first-order valence-electron chi connectivity index (χ1n) is 8.05. The normalized spacial score (nSPS) is 17.4. The minimum absolute atomic E-state index is 0.101. The van der Waals surface area contributed by atoms with E-state index in [1.807, 2.05) is 0 Å². The van der Waals surface area contributed by atoms with Gasteiger partial charge >= 0.3 is 0 Å². The molecule has 0 radical (unpaired) electrons. The fourth-order valence-corrected chi connectivity index (χ4v) is 3.62. The van der Waals surface area contributed by atoms with Gasteiger partial charge in [-0.1, -0.05) is 0 Å². The molecule has 8 nitrogen and oxygen atoms in total. The minimum Gasteiger partial charge on any atom is -0.335 e. The van der Waals surface area contributed by atoms with Gasteiger partial charge in [0.25, 0.3) is 11.8 Å². The smallest absolute Gasteiger partial charge is 0.266 e. The average Bonchev–Trinajstić information content (AvgIpc) is 3.29. The predicted octanol–water partition coefficient (Wildman–Crippen LogP) is 1.31. The second-order valence-corrected chi connectivity index (χ2v) is 7.08. The maximum atomic E-state index is 13.6. The number of aryl methyl sites for hydroxylation is 1. The molecule has 3 heterocycles. The van der Waals surface area contributed by atoms with E-state index < -0.39 is 12.7 Å². The van der Waals surface area contributed by atoms with Crippen LogP contribution in [0.5, 0.6) is 0 Å². The SMILES string of the molecule is CC(=O)c1ncc(C(=O)N2CCN(C(=O)c3cn[nH]c3C)CC2CF)s1. The van der Waals surface area contributed by atoms with Gasteiger partial charge in [-0.05, 0) is 6.92 Å². The molecule has 2 aromatic heterocycles. The van der Waals surface area contributed by atoms with E-state index in [0.29, 0.717) is 22.7 Å². The molecule has 1 aliphatic rings. The summed E-state index contributed by atoms with van der Waals surface area (Å²) in [4.78, 5) is 43.7. The van der Waals surface area contributed by atoms with Crippen LogP contribution in [0.4, 0.5) is 4.39 Å². The van der Waals surface area contributed by atoms with Gasteiger partial charge < -0.3 is 9.80 Å². The number of aromatic amines is 1. The number of nitrogens with one attached hydrogen (secondary N) is 1. The number of aromatic nitrogens is 3. The molecular weight excluding hydrogens is 361 g/mol. The fraction of sp³-hybridized carbons (Fsp3) is 0.438. The zero-order valence-electron chi connectivity index (χ0n) is 14.4. The lowest BCUT2D eigenvalue weighted by Crippen LogP contribution is -2.57. The number of carbonyl (C=O) groups excluding carboxylic acids is 3. The molecule has 26 heavy (non-hydrogen) atoms. The average molecular weight is 379 g/mol. The first-order valence-corrected chi connectivity index (χ1v) is 8.87. The van der Waals surface area contributed by atoms with Gasteiger partial charge in [0.05, 0.1) is 24.0 Å². The van der Waals surface area contributed by atoms with Crippen LogP contribution in [-0.4, -0.2) is 74.9 Å². The van der Waals surface area contributed by atoms with E-state index in [1.54, 1.807) is 6.92 Å². The van der Waals surface area contributed by atoms with Gasteiger partial charge in [0.15, 0.2) is 10.8 Å². The lowest BCUT2D eigenvalue weighted by atomic mass is 10.1. The van der Waals surface area contributed by atoms with E-state index in [2.05, 4.69) is 15.2 Å².